The molecule has 2 atom stereocenters. The minimum absolute atomic E-state index is 0.465. The smallest absolute Gasteiger partial charge is 0.171 e. The minimum Gasteiger partial charge on any atom is -0.360 e. The van der Waals surface area contributed by atoms with E-state index in [0.29, 0.717) is 18.1 Å². The summed E-state index contributed by atoms with van der Waals surface area (Å²) in [7, 11) is 0. The standard InChI is InChI=1S/C24H31N3S/c1-17-8-6-13-23(18(17)2)26-24(28)25-20-14-21-11-7-12-22(15-20)27(21)16-19-9-4-3-5-10-19/h3-6,8-10,13,20-22H,7,11-12,14-16H2,1-2H3,(H2,25,26,28)/t21-,22-/m0/s1. The van der Waals surface area contributed by atoms with Crippen LogP contribution in [0.25, 0.3) is 0 Å². The van der Waals surface area contributed by atoms with Crippen LogP contribution in [0.15, 0.2) is 48.5 Å². The molecule has 2 saturated heterocycles. The summed E-state index contributed by atoms with van der Waals surface area (Å²) >= 11 is 5.65. The SMILES string of the molecule is Cc1cccc(NC(=S)NC2C[C@@H]3CCC[C@@H](C2)N3Cc2ccccc2)c1C. The number of piperidine rings is 2. The molecule has 2 aliphatic rings. The van der Waals surface area contributed by atoms with Crippen molar-refractivity contribution in [2.75, 3.05) is 5.32 Å². The fraction of sp³-hybridized carbons (Fsp3) is 0.458. The van der Waals surface area contributed by atoms with Gasteiger partial charge in [-0.05, 0) is 74.5 Å². The van der Waals surface area contributed by atoms with E-state index in [0.717, 1.165) is 17.3 Å². The monoisotopic (exact) mass is 393 g/mol. The number of aryl methyl sites for hydroxylation is 1. The molecule has 2 fully saturated rings. The van der Waals surface area contributed by atoms with E-state index in [1.54, 1.807) is 0 Å². The summed E-state index contributed by atoms with van der Waals surface area (Å²) in [5.74, 6) is 0. The van der Waals surface area contributed by atoms with Crippen LogP contribution >= 0.6 is 12.2 Å². The molecule has 28 heavy (non-hydrogen) atoms. The molecule has 4 heteroatoms. The third-order valence-electron chi connectivity index (χ3n) is 6.52. The fourth-order valence-electron chi connectivity index (χ4n) is 4.88. The highest BCUT2D eigenvalue weighted by atomic mass is 32.1. The van der Waals surface area contributed by atoms with E-state index in [4.69, 9.17) is 12.2 Å². The maximum atomic E-state index is 5.65. The molecular formula is C24H31N3S. The van der Waals surface area contributed by atoms with Crippen molar-refractivity contribution in [2.45, 2.75) is 70.6 Å². The Hall–Kier alpha value is -1.91. The molecule has 148 valence electrons. The molecule has 0 amide bonds. The Bertz CT molecular complexity index is 806. The molecular weight excluding hydrogens is 362 g/mol. The first-order valence-corrected chi connectivity index (χ1v) is 10.9. The highest BCUT2D eigenvalue weighted by molar-refractivity contribution is 7.80. The molecule has 0 aromatic heterocycles. The van der Waals surface area contributed by atoms with Crippen molar-refractivity contribution in [3.63, 3.8) is 0 Å². The Labute approximate surface area is 174 Å². The summed E-state index contributed by atoms with van der Waals surface area (Å²) in [6.07, 6.45) is 6.33. The molecule has 0 radical (unpaired) electrons. The Morgan fingerprint density at radius 3 is 2.43 bits per heavy atom. The molecule has 0 unspecified atom stereocenters. The Kier molecular flexibility index (Phi) is 5.98. The predicted octanol–water partition coefficient (Wildman–Crippen LogP) is 5.18. The molecule has 0 aliphatic carbocycles. The summed E-state index contributed by atoms with van der Waals surface area (Å²) in [6.45, 7) is 5.36. The topological polar surface area (TPSA) is 27.3 Å². The number of fused-ring (bicyclic) bond motifs is 2. The van der Waals surface area contributed by atoms with Crippen molar-refractivity contribution >= 4 is 23.0 Å². The van der Waals surface area contributed by atoms with Crippen LogP contribution in [-0.4, -0.2) is 28.1 Å². The highest BCUT2D eigenvalue weighted by Crippen LogP contribution is 2.35. The quantitative estimate of drug-likeness (QED) is 0.700. The third kappa shape index (κ3) is 4.39. The predicted molar refractivity (Wildman–Crippen MR) is 122 cm³/mol. The van der Waals surface area contributed by atoms with Crippen LogP contribution in [0.4, 0.5) is 5.69 Å². The zero-order valence-corrected chi connectivity index (χ0v) is 17.8. The first kappa shape index (κ1) is 19.4. The van der Waals surface area contributed by atoms with Crippen LogP contribution in [0.3, 0.4) is 0 Å². The number of hydrogen-bond donors (Lipinski definition) is 2. The Morgan fingerprint density at radius 1 is 1.00 bits per heavy atom. The third-order valence-corrected chi connectivity index (χ3v) is 6.74. The van der Waals surface area contributed by atoms with Gasteiger partial charge in [-0.15, -0.1) is 0 Å². The lowest BCUT2D eigenvalue weighted by Gasteiger charge is -2.49. The van der Waals surface area contributed by atoms with E-state index in [9.17, 15) is 0 Å². The van der Waals surface area contributed by atoms with Crippen LogP contribution in [-0.2, 0) is 6.54 Å². The number of hydrogen-bond acceptors (Lipinski definition) is 2. The van der Waals surface area contributed by atoms with Gasteiger partial charge < -0.3 is 10.6 Å². The van der Waals surface area contributed by atoms with Gasteiger partial charge in [-0.25, -0.2) is 0 Å². The van der Waals surface area contributed by atoms with Crippen molar-refractivity contribution in [1.82, 2.24) is 10.2 Å². The lowest BCUT2D eigenvalue weighted by Crippen LogP contribution is -2.56. The first-order valence-electron chi connectivity index (χ1n) is 10.5. The summed E-state index contributed by atoms with van der Waals surface area (Å²) in [4.78, 5) is 2.75. The minimum atomic E-state index is 0.465. The van der Waals surface area contributed by atoms with Gasteiger partial charge in [0.2, 0.25) is 0 Å². The van der Waals surface area contributed by atoms with Gasteiger partial charge in [-0.2, -0.15) is 0 Å². The van der Waals surface area contributed by atoms with E-state index in [1.165, 1.54) is 48.8 Å². The van der Waals surface area contributed by atoms with Gasteiger partial charge in [0.25, 0.3) is 0 Å². The highest BCUT2D eigenvalue weighted by Gasteiger charge is 2.38. The van der Waals surface area contributed by atoms with Crippen molar-refractivity contribution in [3.8, 4) is 0 Å². The summed E-state index contributed by atoms with van der Waals surface area (Å²) in [5, 5.41) is 7.80. The second-order valence-corrected chi connectivity index (χ2v) is 8.82. The van der Waals surface area contributed by atoms with Crippen LogP contribution in [0.1, 0.15) is 48.8 Å². The maximum Gasteiger partial charge on any atom is 0.171 e. The Morgan fingerprint density at radius 2 is 1.71 bits per heavy atom. The van der Waals surface area contributed by atoms with Crippen molar-refractivity contribution in [2.24, 2.45) is 0 Å². The van der Waals surface area contributed by atoms with Gasteiger partial charge in [-0.3, -0.25) is 4.90 Å². The van der Waals surface area contributed by atoms with E-state index < -0.39 is 0 Å². The van der Waals surface area contributed by atoms with Gasteiger partial charge in [0, 0.05) is 30.4 Å². The number of thiocarbonyl (C=S) groups is 1. The molecule has 4 rings (SSSR count). The van der Waals surface area contributed by atoms with E-state index >= 15 is 0 Å². The zero-order chi connectivity index (χ0) is 19.5. The molecule has 2 aromatic rings. The molecule has 2 bridgehead atoms. The molecule has 2 aliphatic heterocycles. The van der Waals surface area contributed by atoms with E-state index in [2.05, 4.69) is 77.9 Å². The molecule has 2 aromatic carbocycles. The van der Waals surface area contributed by atoms with Crippen LogP contribution in [0, 0.1) is 13.8 Å². The van der Waals surface area contributed by atoms with Crippen molar-refractivity contribution in [3.05, 3.63) is 65.2 Å². The van der Waals surface area contributed by atoms with Gasteiger partial charge in [0.05, 0.1) is 0 Å². The van der Waals surface area contributed by atoms with Crippen molar-refractivity contribution < 1.29 is 0 Å². The Balaban J connectivity index is 1.37. The van der Waals surface area contributed by atoms with Gasteiger partial charge in [0.15, 0.2) is 5.11 Å². The second-order valence-electron chi connectivity index (χ2n) is 8.41. The number of anilines is 1. The summed E-state index contributed by atoms with van der Waals surface area (Å²) < 4.78 is 0. The molecule has 2 N–H and O–H groups in total. The van der Waals surface area contributed by atoms with E-state index in [1.807, 2.05) is 0 Å². The number of rotatable bonds is 4. The lowest BCUT2D eigenvalue weighted by molar-refractivity contribution is 0.0212. The number of benzene rings is 2. The number of nitrogens with one attached hydrogen (secondary N) is 2. The fourth-order valence-corrected chi connectivity index (χ4v) is 5.16. The summed E-state index contributed by atoms with van der Waals surface area (Å²) in [5.41, 5.74) is 5.09. The summed E-state index contributed by atoms with van der Waals surface area (Å²) in [6, 6.07) is 19.0. The molecule has 2 heterocycles. The lowest BCUT2D eigenvalue weighted by atomic mass is 9.81. The normalized spacial score (nSPS) is 24.6. The maximum absolute atomic E-state index is 5.65. The van der Waals surface area contributed by atoms with Crippen LogP contribution < -0.4 is 10.6 Å². The zero-order valence-electron chi connectivity index (χ0n) is 16.9. The van der Waals surface area contributed by atoms with Crippen LogP contribution in [0.2, 0.25) is 0 Å². The van der Waals surface area contributed by atoms with Gasteiger partial charge in [0.1, 0.15) is 0 Å². The molecule has 3 nitrogen and oxygen atoms in total. The van der Waals surface area contributed by atoms with Gasteiger partial charge >= 0.3 is 0 Å². The second kappa shape index (κ2) is 8.62. The molecule has 0 saturated carbocycles. The van der Waals surface area contributed by atoms with Crippen molar-refractivity contribution in [1.29, 1.82) is 0 Å². The average Bonchev–Trinajstić information content (AvgIpc) is 2.67. The van der Waals surface area contributed by atoms with E-state index in [-0.39, 0.29) is 0 Å². The first-order chi connectivity index (χ1) is 13.6. The van der Waals surface area contributed by atoms with Gasteiger partial charge in [-0.1, -0.05) is 48.9 Å². The average molecular weight is 394 g/mol. The number of nitrogens with zero attached hydrogens (tertiary/aromatic N) is 1. The molecule has 0 spiro atoms. The van der Waals surface area contributed by atoms with Crippen LogP contribution in [0.5, 0.6) is 0 Å². The largest absolute Gasteiger partial charge is 0.360 e.